The fourth-order valence-corrected chi connectivity index (χ4v) is 2.79. The maximum absolute atomic E-state index is 11.4. The second-order valence-corrected chi connectivity index (χ2v) is 5.57. The number of rotatable bonds is 3. The molecule has 1 N–H and O–H groups in total. The first-order chi connectivity index (χ1) is 10.1. The largest absolute Gasteiger partial charge is 0.478 e. The van der Waals surface area contributed by atoms with E-state index in [0.717, 1.165) is 10.9 Å². The van der Waals surface area contributed by atoms with Gasteiger partial charge in [-0.05, 0) is 35.9 Å². The van der Waals surface area contributed by atoms with E-state index in [1.54, 1.807) is 30.3 Å². The SMILES string of the molecule is O=C(O)c1cccc2ccn(Cc3cc(Cl)ccc3Cl)c12. The molecule has 106 valence electrons. The number of carbonyl (C=O) groups is 1. The molecule has 0 amide bonds. The third-order valence-electron chi connectivity index (χ3n) is 3.37. The normalized spacial score (nSPS) is 11.0. The molecule has 3 rings (SSSR count). The Morgan fingerprint density at radius 2 is 1.95 bits per heavy atom. The van der Waals surface area contributed by atoms with Crippen molar-refractivity contribution in [2.75, 3.05) is 0 Å². The fourth-order valence-electron chi connectivity index (χ4n) is 2.41. The van der Waals surface area contributed by atoms with Gasteiger partial charge in [0.2, 0.25) is 0 Å². The van der Waals surface area contributed by atoms with Crippen LogP contribution in [-0.2, 0) is 6.54 Å². The van der Waals surface area contributed by atoms with Crippen molar-refractivity contribution in [3.8, 4) is 0 Å². The van der Waals surface area contributed by atoms with Gasteiger partial charge in [-0.15, -0.1) is 0 Å². The predicted molar refractivity (Wildman–Crippen MR) is 84.5 cm³/mol. The maximum Gasteiger partial charge on any atom is 0.337 e. The molecule has 0 bridgehead atoms. The Bertz CT molecular complexity index is 839. The lowest BCUT2D eigenvalue weighted by Gasteiger charge is -2.10. The Hall–Kier alpha value is -1.97. The van der Waals surface area contributed by atoms with E-state index in [2.05, 4.69) is 0 Å². The highest BCUT2D eigenvalue weighted by Gasteiger charge is 2.13. The van der Waals surface area contributed by atoms with Crippen LogP contribution in [0.4, 0.5) is 0 Å². The molecular formula is C16H11Cl2NO2. The van der Waals surface area contributed by atoms with Crippen LogP contribution in [0.25, 0.3) is 10.9 Å². The average Bonchev–Trinajstić information content (AvgIpc) is 2.86. The van der Waals surface area contributed by atoms with E-state index in [0.29, 0.717) is 22.1 Å². The number of hydrogen-bond acceptors (Lipinski definition) is 1. The number of carboxylic acids is 1. The van der Waals surface area contributed by atoms with Crippen LogP contribution in [0.5, 0.6) is 0 Å². The predicted octanol–water partition coefficient (Wildman–Crippen LogP) is 4.69. The van der Waals surface area contributed by atoms with Crippen LogP contribution in [0.2, 0.25) is 10.0 Å². The number of halogens is 2. The molecule has 0 saturated carbocycles. The quantitative estimate of drug-likeness (QED) is 0.760. The molecule has 0 radical (unpaired) electrons. The fraction of sp³-hybridized carbons (Fsp3) is 0.0625. The molecule has 21 heavy (non-hydrogen) atoms. The van der Waals surface area contributed by atoms with Gasteiger partial charge in [-0.3, -0.25) is 0 Å². The van der Waals surface area contributed by atoms with Crippen molar-refractivity contribution < 1.29 is 9.90 Å². The van der Waals surface area contributed by atoms with Crippen LogP contribution in [0.3, 0.4) is 0 Å². The van der Waals surface area contributed by atoms with Crippen molar-refractivity contribution in [2.45, 2.75) is 6.54 Å². The van der Waals surface area contributed by atoms with E-state index in [-0.39, 0.29) is 5.56 Å². The van der Waals surface area contributed by atoms with E-state index >= 15 is 0 Å². The van der Waals surface area contributed by atoms with Gasteiger partial charge < -0.3 is 9.67 Å². The van der Waals surface area contributed by atoms with Crippen LogP contribution >= 0.6 is 23.2 Å². The van der Waals surface area contributed by atoms with Gasteiger partial charge in [0.1, 0.15) is 0 Å². The van der Waals surface area contributed by atoms with Gasteiger partial charge in [-0.2, -0.15) is 0 Å². The molecule has 0 aliphatic heterocycles. The number of nitrogens with zero attached hydrogens (tertiary/aromatic N) is 1. The van der Waals surface area contributed by atoms with E-state index in [4.69, 9.17) is 23.2 Å². The summed E-state index contributed by atoms with van der Waals surface area (Å²) in [4.78, 5) is 11.4. The molecule has 5 heteroatoms. The third kappa shape index (κ3) is 2.62. The Labute approximate surface area is 131 Å². The number of aromatic nitrogens is 1. The summed E-state index contributed by atoms with van der Waals surface area (Å²) in [5.41, 5.74) is 1.80. The molecular weight excluding hydrogens is 309 g/mol. The summed E-state index contributed by atoms with van der Waals surface area (Å²) >= 11 is 12.2. The Morgan fingerprint density at radius 3 is 2.71 bits per heavy atom. The van der Waals surface area contributed by atoms with E-state index in [1.165, 1.54) is 0 Å². The second kappa shape index (κ2) is 5.43. The Kier molecular flexibility index (Phi) is 3.62. The molecule has 3 nitrogen and oxygen atoms in total. The van der Waals surface area contributed by atoms with Gasteiger partial charge in [0, 0.05) is 28.2 Å². The number of hydrogen-bond donors (Lipinski definition) is 1. The lowest BCUT2D eigenvalue weighted by molar-refractivity contribution is 0.0698. The van der Waals surface area contributed by atoms with Gasteiger partial charge >= 0.3 is 5.97 Å². The van der Waals surface area contributed by atoms with Gasteiger partial charge in [0.25, 0.3) is 0 Å². The van der Waals surface area contributed by atoms with E-state index in [9.17, 15) is 9.90 Å². The smallest absolute Gasteiger partial charge is 0.337 e. The molecule has 1 aromatic heterocycles. The zero-order chi connectivity index (χ0) is 15.0. The summed E-state index contributed by atoms with van der Waals surface area (Å²) < 4.78 is 1.87. The van der Waals surface area contributed by atoms with E-state index < -0.39 is 5.97 Å². The molecule has 0 fully saturated rings. The minimum Gasteiger partial charge on any atom is -0.478 e. The lowest BCUT2D eigenvalue weighted by atomic mass is 10.1. The first-order valence-electron chi connectivity index (χ1n) is 6.31. The summed E-state index contributed by atoms with van der Waals surface area (Å²) in [6, 6.07) is 12.4. The minimum absolute atomic E-state index is 0.274. The molecule has 3 aromatic rings. The van der Waals surface area contributed by atoms with Crippen molar-refractivity contribution in [3.05, 3.63) is 69.8 Å². The highest BCUT2D eigenvalue weighted by molar-refractivity contribution is 6.33. The highest BCUT2D eigenvalue weighted by Crippen LogP contribution is 2.25. The number of carboxylic acid groups (broad SMARTS) is 1. The van der Waals surface area contributed by atoms with Crippen molar-refractivity contribution >= 4 is 40.1 Å². The number of para-hydroxylation sites is 1. The first kappa shape index (κ1) is 14.0. The highest BCUT2D eigenvalue weighted by atomic mass is 35.5. The third-order valence-corrected chi connectivity index (χ3v) is 3.97. The second-order valence-electron chi connectivity index (χ2n) is 4.73. The zero-order valence-corrected chi connectivity index (χ0v) is 12.4. The van der Waals surface area contributed by atoms with Crippen LogP contribution in [0.1, 0.15) is 15.9 Å². The lowest BCUT2D eigenvalue weighted by Crippen LogP contribution is -2.04. The Balaban J connectivity index is 2.13. The van der Waals surface area contributed by atoms with Crippen LogP contribution in [0, 0.1) is 0 Å². The zero-order valence-electron chi connectivity index (χ0n) is 10.9. The summed E-state index contributed by atoms with van der Waals surface area (Å²) in [5, 5.41) is 11.4. The van der Waals surface area contributed by atoms with Crippen LogP contribution in [0.15, 0.2) is 48.7 Å². The van der Waals surface area contributed by atoms with Gasteiger partial charge in [-0.25, -0.2) is 4.79 Å². The molecule has 0 spiro atoms. The number of benzene rings is 2. The molecule has 0 unspecified atom stereocenters. The average molecular weight is 320 g/mol. The summed E-state index contributed by atoms with van der Waals surface area (Å²) in [6.45, 7) is 0.465. The van der Waals surface area contributed by atoms with Crippen LogP contribution in [-0.4, -0.2) is 15.6 Å². The molecule has 0 aliphatic rings. The number of aromatic carboxylic acids is 1. The van der Waals surface area contributed by atoms with Crippen molar-refractivity contribution in [2.24, 2.45) is 0 Å². The summed E-state index contributed by atoms with van der Waals surface area (Å²) in [7, 11) is 0. The van der Waals surface area contributed by atoms with Gasteiger partial charge in [-0.1, -0.05) is 35.3 Å². The number of fused-ring (bicyclic) bond motifs is 1. The van der Waals surface area contributed by atoms with Crippen molar-refractivity contribution in [1.82, 2.24) is 4.57 Å². The van der Waals surface area contributed by atoms with Crippen molar-refractivity contribution in [3.63, 3.8) is 0 Å². The van der Waals surface area contributed by atoms with Crippen molar-refractivity contribution in [1.29, 1.82) is 0 Å². The maximum atomic E-state index is 11.4. The Morgan fingerprint density at radius 1 is 1.14 bits per heavy atom. The standard InChI is InChI=1S/C16H11Cl2NO2/c17-12-4-5-14(18)11(8-12)9-19-7-6-10-2-1-3-13(15(10)19)16(20)21/h1-8H,9H2,(H,20,21). The summed E-state index contributed by atoms with van der Waals surface area (Å²) in [6.07, 6.45) is 1.86. The van der Waals surface area contributed by atoms with Gasteiger partial charge in [0.05, 0.1) is 11.1 Å². The minimum atomic E-state index is -0.947. The van der Waals surface area contributed by atoms with Crippen LogP contribution < -0.4 is 0 Å². The molecule has 0 saturated heterocycles. The topological polar surface area (TPSA) is 42.2 Å². The van der Waals surface area contributed by atoms with Gasteiger partial charge in [0.15, 0.2) is 0 Å². The summed E-state index contributed by atoms with van der Waals surface area (Å²) in [5.74, 6) is -0.947. The first-order valence-corrected chi connectivity index (χ1v) is 7.07. The molecule has 1 heterocycles. The molecule has 0 aliphatic carbocycles. The molecule has 0 atom stereocenters. The van der Waals surface area contributed by atoms with E-state index in [1.807, 2.05) is 22.9 Å². The molecule has 2 aromatic carbocycles. The monoisotopic (exact) mass is 319 g/mol.